The summed E-state index contributed by atoms with van der Waals surface area (Å²) in [4.78, 5) is 34.0. The first kappa shape index (κ1) is 24.0. The number of ether oxygens (including phenoxy) is 1. The number of nitrogens with zero attached hydrogens (tertiary/aromatic N) is 3. The minimum Gasteiger partial charge on any atom is -0.496 e. The number of aryl methyl sites for hydroxylation is 1. The average Bonchev–Trinajstić information content (AvgIpc) is 2.95. The molecule has 0 aliphatic carbocycles. The molecular formula is C31H27N3O3. The summed E-state index contributed by atoms with van der Waals surface area (Å²) in [6.45, 7) is 2.53. The van der Waals surface area contributed by atoms with Crippen LogP contribution >= 0.6 is 0 Å². The highest BCUT2D eigenvalue weighted by Gasteiger charge is 2.22. The number of amides is 1. The third kappa shape index (κ3) is 4.86. The lowest BCUT2D eigenvalue weighted by molar-refractivity contribution is 0.0983. The quantitative estimate of drug-likeness (QED) is 0.293. The summed E-state index contributed by atoms with van der Waals surface area (Å²) in [6.07, 6.45) is 0. The Balaban J connectivity index is 1.59. The monoisotopic (exact) mass is 489 g/mol. The fourth-order valence-electron chi connectivity index (χ4n) is 4.42. The van der Waals surface area contributed by atoms with Crippen LogP contribution in [0.5, 0.6) is 5.75 Å². The molecular weight excluding hydrogens is 462 g/mol. The lowest BCUT2D eigenvalue weighted by Gasteiger charge is -2.25. The van der Waals surface area contributed by atoms with Crippen molar-refractivity contribution in [3.8, 4) is 17.1 Å². The number of fused-ring (bicyclic) bond motifs is 1. The third-order valence-corrected chi connectivity index (χ3v) is 6.37. The minimum atomic E-state index is -0.204. The van der Waals surface area contributed by atoms with E-state index in [0.29, 0.717) is 28.0 Å². The summed E-state index contributed by atoms with van der Waals surface area (Å²) in [6, 6.07) is 31.9. The first-order valence-corrected chi connectivity index (χ1v) is 12.1. The van der Waals surface area contributed by atoms with Gasteiger partial charge in [-0.3, -0.25) is 14.2 Å². The molecule has 0 atom stereocenters. The molecule has 4 aromatic carbocycles. The molecule has 0 spiro atoms. The van der Waals surface area contributed by atoms with Crippen LogP contribution in [0.2, 0.25) is 0 Å². The average molecular weight is 490 g/mol. The van der Waals surface area contributed by atoms with Crippen LogP contribution in [0.4, 0.5) is 5.69 Å². The van der Waals surface area contributed by atoms with Crippen molar-refractivity contribution in [1.29, 1.82) is 0 Å². The number of benzene rings is 4. The fraction of sp³-hybridized carbons (Fsp3) is 0.129. The van der Waals surface area contributed by atoms with Gasteiger partial charge in [-0.1, -0.05) is 72.3 Å². The standard InChI is InChI=1S/C31H27N3O3/c1-22-16-18-24(19-17-22)33(31(36)26-13-7-9-15-28(26)37-2)20-21-34-29(23-10-4-3-5-11-23)32-27-14-8-6-12-25(27)30(34)35/h3-19H,20-21H2,1-2H3. The Hall–Kier alpha value is -4.71. The number of hydrogen-bond donors (Lipinski definition) is 0. The van der Waals surface area contributed by atoms with Gasteiger partial charge >= 0.3 is 0 Å². The molecule has 0 unspecified atom stereocenters. The Morgan fingerprint density at radius 1 is 0.865 bits per heavy atom. The second kappa shape index (κ2) is 10.5. The van der Waals surface area contributed by atoms with Crippen LogP contribution in [0.15, 0.2) is 108 Å². The van der Waals surface area contributed by atoms with Crippen molar-refractivity contribution < 1.29 is 9.53 Å². The molecule has 6 nitrogen and oxygen atoms in total. The highest BCUT2D eigenvalue weighted by molar-refractivity contribution is 6.07. The summed E-state index contributed by atoms with van der Waals surface area (Å²) < 4.78 is 7.13. The van der Waals surface area contributed by atoms with Crippen molar-refractivity contribution in [1.82, 2.24) is 9.55 Å². The van der Waals surface area contributed by atoms with Crippen LogP contribution in [-0.2, 0) is 6.54 Å². The van der Waals surface area contributed by atoms with Gasteiger partial charge in [0, 0.05) is 24.3 Å². The topological polar surface area (TPSA) is 64.4 Å². The van der Waals surface area contributed by atoms with E-state index in [1.807, 2.05) is 91.9 Å². The molecule has 5 aromatic rings. The largest absolute Gasteiger partial charge is 0.496 e. The van der Waals surface area contributed by atoms with E-state index < -0.39 is 0 Å². The van der Waals surface area contributed by atoms with Gasteiger partial charge in [0.1, 0.15) is 11.6 Å². The van der Waals surface area contributed by atoms with Gasteiger partial charge in [-0.25, -0.2) is 4.98 Å². The summed E-state index contributed by atoms with van der Waals surface area (Å²) in [7, 11) is 1.55. The molecule has 0 saturated carbocycles. The smallest absolute Gasteiger partial charge is 0.262 e. The summed E-state index contributed by atoms with van der Waals surface area (Å²) in [5, 5.41) is 0.542. The Morgan fingerprint density at radius 3 is 2.30 bits per heavy atom. The Morgan fingerprint density at radius 2 is 1.54 bits per heavy atom. The third-order valence-electron chi connectivity index (χ3n) is 6.37. The first-order valence-electron chi connectivity index (χ1n) is 12.1. The molecule has 0 radical (unpaired) electrons. The van der Waals surface area contributed by atoms with E-state index in [4.69, 9.17) is 9.72 Å². The van der Waals surface area contributed by atoms with E-state index in [0.717, 1.165) is 16.8 Å². The van der Waals surface area contributed by atoms with Gasteiger partial charge in [0.2, 0.25) is 0 Å². The highest BCUT2D eigenvalue weighted by atomic mass is 16.5. The molecule has 0 aliphatic rings. The molecule has 0 saturated heterocycles. The van der Waals surface area contributed by atoms with E-state index >= 15 is 0 Å². The molecule has 1 amide bonds. The van der Waals surface area contributed by atoms with Crippen molar-refractivity contribution in [3.05, 3.63) is 125 Å². The molecule has 1 heterocycles. The molecule has 5 rings (SSSR count). The zero-order valence-electron chi connectivity index (χ0n) is 20.8. The zero-order chi connectivity index (χ0) is 25.8. The van der Waals surface area contributed by atoms with Gasteiger partial charge in [0.05, 0.1) is 23.6 Å². The predicted octanol–water partition coefficient (Wildman–Crippen LogP) is 5.73. The fourth-order valence-corrected chi connectivity index (χ4v) is 4.42. The molecule has 1 aromatic heterocycles. The molecule has 37 heavy (non-hydrogen) atoms. The summed E-state index contributed by atoms with van der Waals surface area (Å²) >= 11 is 0. The lowest BCUT2D eigenvalue weighted by atomic mass is 10.1. The van der Waals surface area contributed by atoms with Gasteiger partial charge in [0.25, 0.3) is 11.5 Å². The molecule has 6 heteroatoms. The number of rotatable bonds is 7. The van der Waals surface area contributed by atoms with E-state index in [9.17, 15) is 9.59 Å². The number of methoxy groups -OCH3 is 1. The molecule has 0 N–H and O–H groups in total. The van der Waals surface area contributed by atoms with Crippen molar-refractivity contribution in [2.45, 2.75) is 13.5 Å². The summed E-state index contributed by atoms with van der Waals surface area (Å²) in [5.41, 5.74) is 3.63. The number of carbonyl (C=O) groups excluding carboxylic acids is 1. The Labute approximate surface area is 215 Å². The van der Waals surface area contributed by atoms with Crippen LogP contribution in [-0.4, -0.2) is 29.1 Å². The molecule has 0 aliphatic heterocycles. The van der Waals surface area contributed by atoms with Crippen LogP contribution in [0.3, 0.4) is 0 Å². The number of anilines is 1. The van der Waals surface area contributed by atoms with Gasteiger partial charge in [0.15, 0.2) is 0 Å². The number of aromatic nitrogens is 2. The van der Waals surface area contributed by atoms with E-state index in [2.05, 4.69) is 0 Å². The maximum Gasteiger partial charge on any atom is 0.262 e. The maximum atomic E-state index is 13.8. The number of carbonyl (C=O) groups is 1. The first-order chi connectivity index (χ1) is 18.1. The Kier molecular flexibility index (Phi) is 6.81. The predicted molar refractivity (Wildman–Crippen MR) is 147 cm³/mol. The van der Waals surface area contributed by atoms with Gasteiger partial charge in [-0.15, -0.1) is 0 Å². The zero-order valence-corrected chi connectivity index (χ0v) is 20.8. The number of para-hydroxylation sites is 2. The molecule has 184 valence electrons. The SMILES string of the molecule is COc1ccccc1C(=O)N(CCn1c(-c2ccccc2)nc2ccccc2c1=O)c1ccc(C)cc1. The van der Waals surface area contributed by atoms with E-state index in [1.165, 1.54) is 0 Å². The van der Waals surface area contributed by atoms with Crippen molar-refractivity contribution in [2.75, 3.05) is 18.6 Å². The van der Waals surface area contributed by atoms with Gasteiger partial charge < -0.3 is 9.64 Å². The highest BCUT2D eigenvalue weighted by Crippen LogP contribution is 2.25. The van der Waals surface area contributed by atoms with Gasteiger partial charge in [-0.2, -0.15) is 0 Å². The summed E-state index contributed by atoms with van der Waals surface area (Å²) in [5.74, 6) is 0.862. The number of hydrogen-bond acceptors (Lipinski definition) is 4. The second-order valence-electron chi connectivity index (χ2n) is 8.77. The lowest BCUT2D eigenvalue weighted by Crippen LogP contribution is -2.36. The maximum absolute atomic E-state index is 13.8. The normalized spacial score (nSPS) is 10.9. The Bertz CT molecular complexity index is 1610. The second-order valence-corrected chi connectivity index (χ2v) is 8.77. The molecule has 0 bridgehead atoms. The van der Waals surface area contributed by atoms with Crippen LogP contribution in [0.1, 0.15) is 15.9 Å². The van der Waals surface area contributed by atoms with Gasteiger partial charge in [-0.05, 0) is 43.3 Å². The van der Waals surface area contributed by atoms with Crippen molar-refractivity contribution in [2.24, 2.45) is 0 Å². The van der Waals surface area contributed by atoms with E-state index in [1.54, 1.807) is 34.8 Å². The van der Waals surface area contributed by atoms with Crippen LogP contribution in [0.25, 0.3) is 22.3 Å². The van der Waals surface area contributed by atoms with Crippen molar-refractivity contribution >= 4 is 22.5 Å². The minimum absolute atomic E-state index is 0.141. The molecule has 0 fully saturated rings. The van der Waals surface area contributed by atoms with Crippen LogP contribution in [0, 0.1) is 6.92 Å². The van der Waals surface area contributed by atoms with E-state index in [-0.39, 0.29) is 24.6 Å². The van der Waals surface area contributed by atoms with Crippen LogP contribution < -0.4 is 15.2 Å². The van der Waals surface area contributed by atoms with Crippen molar-refractivity contribution in [3.63, 3.8) is 0 Å².